The molecule has 1 N–H and O–H groups in total. The smallest absolute Gasteiger partial charge is 0.373 e. The molecule has 1 heterocycles. The monoisotopic (exact) mass is 358 g/mol. The van der Waals surface area contributed by atoms with E-state index in [1.807, 2.05) is 0 Å². The highest BCUT2D eigenvalue weighted by atomic mass is 79.9. The third-order valence-corrected chi connectivity index (χ3v) is 3.10. The molecular formula is C11H8BrClN4O3. The van der Waals surface area contributed by atoms with Crippen LogP contribution in [0.3, 0.4) is 0 Å². The Kier molecular flexibility index (Phi) is 4.35. The summed E-state index contributed by atoms with van der Waals surface area (Å²) in [5.41, 5.74) is -0.353. The van der Waals surface area contributed by atoms with Crippen LogP contribution in [0.2, 0.25) is 5.02 Å². The molecule has 0 aliphatic heterocycles. The van der Waals surface area contributed by atoms with Crippen LogP contribution in [0.4, 0.5) is 11.5 Å². The summed E-state index contributed by atoms with van der Waals surface area (Å²) in [7, 11) is 1.52. The van der Waals surface area contributed by atoms with Crippen molar-refractivity contribution in [1.29, 1.82) is 0 Å². The molecule has 0 aliphatic rings. The van der Waals surface area contributed by atoms with Gasteiger partial charge in [0.2, 0.25) is 5.82 Å². The average Bonchev–Trinajstić information content (AvgIpc) is 2.41. The van der Waals surface area contributed by atoms with Gasteiger partial charge in [0.05, 0.1) is 9.95 Å². The quantitative estimate of drug-likeness (QED) is 0.662. The van der Waals surface area contributed by atoms with Crippen molar-refractivity contribution in [3.63, 3.8) is 0 Å². The Bertz CT molecular complexity index is 668. The molecule has 0 unspecified atom stereocenters. The van der Waals surface area contributed by atoms with Gasteiger partial charge < -0.3 is 10.1 Å². The summed E-state index contributed by atoms with van der Waals surface area (Å²) in [5.74, 6) is 0.144. The van der Waals surface area contributed by atoms with Crippen molar-refractivity contribution in [3.05, 3.63) is 44.1 Å². The Balaban J connectivity index is 2.45. The Morgan fingerprint density at radius 3 is 2.80 bits per heavy atom. The zero-order valence-corrected chi connectivity index (χ0v) is 12.5. The lowest BCUT2D eigenvalue weighted by Crippen LogP contribution is -2.03. The third kappa shape index (κ3) is 2.97. The van der Waals surface area contributed by atoms with Crippen molar-refractivity contribution >= 4 is 39.0 Å². The number of nitro groups is 1. The fraction of sp³-hybridized carbons (Fsp3) is 0.0909. The van der Waals surface area contributed by atoms with E-state index in [-0.39, 0.29) is 23.1 Å². The predicted molar refractivity (Wildman–Crippen MR) is 77.5 cm³/mol. The normalized spacial score (nSPS) is 10.2. The van der Waals surface area contributed by atoms with E-state index in [4.69, 9.17) is 16.3 Å². The lowest BCUT2D eigenvalue weighted by atomic mass is 10.3. The van der Waals surface area contributed by atoms with E-state index in [1.54, 1.807) is 18.2 Å². The van der Waals surface area contributed by atoms with Gasteiger partial charge in [0.25, 0.3) is 0 Å². The minimum Gasteiger partial charge on any atom is -0.432 e. The molecule has 0 spiro atoms. The van der Waals surface area contributed by atoms with E-state index >= 15 is 0 Å². The standard InChI is InChI=1S/C11H8BrClN4O3/c1-14-10-9(17(18)19)11(16-5-15-10)20-8-3-2-6(12)4-7(8)13/h2-5H,1H3,(H,14,15,16). The van der Waals surface area contributed by atoms with Crippen molar-refractivity contribution in [2.75, 3.05) is 12.4 Å². The van der Waals surface area contributed by atoms with Gasteiger partial charge in [-0.3, -0.25) is 10.1 Å². The SMILES string of the molecule is CNc1ncnc(Oc2ccc(Br)cc2Cl)c1[N+](=O)[O-]. The maximum absolute atomic E-state index is 11.1. The number of rotatable bonds is 4. The van der Waals surface area contributed by atoms with Crippen LogP contribution in [0.15, 0.2) is 29.0 Å². The summed E-state index contributed by atoms with van der Waals surface area (Å²) >= 11 is 9.26. The van der Waals surface area contributed by atoms with Crippen molar-refractivity contribution in [2.45, 2.75) is 0 Å². The van der Waals surface area contributed by atoms with Gasteiger partial charge in [-0.1, -0.05) is 27.5 Å². The lowest BCUT2D eigenvalue weighted by molar-refractivity contribution is -0.385. The van der Waals surface area contributed by atoms with E-state index < -0.39 is 4.92 Å². The summed E-state index contributed by atoms with van der Waals surface area (Å²) in [4.78, 5) is 18.0. The topological polar surface area (TPSA) is 90.2 Å². The fourth-order valence-electron chi connectivity index (χ4n) is 1.45. The summed E-state index contributed by atoms with van der Waals surface area (Å²) in [6.07, 6.45) is 1.17. The summed E-state index contributed by atoms with van der Waals surface area (Å²) in [6.45, 7) is 0. The minimum absolute atomic E-state index is 0.0632. The summed E-state index contributed by atoms with van der Waals surface area (Å²) in [5, 5.41) is 14.0. The molecule has 104 valence electrons. The van der Waals surface area contributed by atoms with Gasteiger partial charge in [-0.2, -0.15) is 4.98 Å². The highest BCUT2D eigenvalue weighted by Crippen LogP contribution is 2.37. The van der Waals surface area contributed by atoms with Gasteiger partial charge in [0, 0.05) is 11.5 Å². The first kappa shape index (κ1) is 14.5. The maximum Gasteiger partial charge on any atom is 0.373 e. The van der Waals surface area contributed by atoms with E-state index in [9.17, 15) is 10.1 Å². The highest BCUT2D eigenvalue weighted by Gasteiger charge is 2.24. The number of aromatic nitrogens is 2. The van der Waals surface area contributed by atoms with Crippen molar-refractivity contribution in [2.24, 2.45) is 0 Å². The molecule has 2 rings (SSSR count). The third-order valence-electron chi connectivity index (χ3n) is 2.31. The maximum atomic E-state index is 11.1. The van der Waals surface area contributed by atoms with E-state index in [2.05, 4.69) is 31.2 Å². The van der Waals surface area contributed by atoms with Gasteiger partial charge in [-0.15, -0.1) is 0 Å². The van der Waals surface area contributed by atoms with Crippen LogP contribution in [-0.2, 0) is 0 Å². The van der Waals surface area contributed by atoms with Gasteiger partial charge in [0.15, 0.2) is 0 Å². The molecule has 0 amide bonds. The summed E-state index contributed by atoms with van der Waals surface area (Å²) < 4.78 is 6.18. The molecule has 0 radical (unpaired) electrons. The largest absolute Gasteiger partial charge is 0.432 e. The molecule has 9 heteroatoms. The number of ether oxygens (including phenoxy) is 1. The number of nitrogens with zero attached hydrogens (tertiary/aromatic N) is 3. The number of hydrogen-bond donors (Lipinski definition) is 1. The molecule has 20 heavy (non-hydrogen) atoms. The second-order valence-electron chi connectivity index (χ2n) is 3.56. The van der Waals surface area contributed by atoms with E-state index in [0.717, 1.165) is 4.47 Å². The molecule has 0 fully saturated rings. The van der Waals surface area contributed by atoms with Gasteiger partial charge >= 0.3 is 11.6 Å². The number of halogens is 2. The Morgan fingerprint density at radius 1 is 1.45 bits per heavy atom. The van der Waals surface area contributed by atoms with Crippen molar-refractivity contribution in [3.8, 4) is 11.6 Å². The molecule has 1 aromatic heterocycles. The molecular weight excluding hydrogens is 352 g/mol. The van der Waals surface area contributed by atoms with Crippen LogP contribution in [0.25, 0.3) is 0 Å². The Hall–Kier alpha value is -1.93. The zero-order chi connectivity index (χ0) is 14.7. The number of hydrogen-bond acceptors (Lipinski definition) is 6. The zero-order valence-electron chi connectivity index (χ0n) is 10.1. The van der Waals surface area contributed by atoms with Gasteiger partial charge in [-0.05, 0) is 18.2 Å². The molecule has 0 aliphatic carbocycles. The van der Waals surface area contributed by atoms with Gasteiger partial charge in [-0.25, -0.2) is 4.98 Å². The molecule has 7 nitrogen and oxygen atoms in total. The van der Waals surface area contributed by atoms with E-state index in [0.29, 0.717) is 5.02 Å². The minimum atomic E-state index is -0.617. The van der Waals surface area contributed by atoms with E-state index in [1.165, 1.54) is 13.4 Å². The molecule has 0 atom stereocenters. The number of benzene rings is 1. The summed E-state index contributed by atoms with van der Waals surface area (Å²) in [6, 6.07) is 4.90. The Morgan fingerprint density at radius 2 is 2.20 bits per heavy atom. The number of nitrogens with one attached hydrogen (secondary N) is 1. The lowest BCUT2D eigenvalue weighted by Gasteiger charge is -2.08. The van der Waals surface area contributed by atoms with Crippen LogP contribution in [0.5, 0.6) is 11.6 Å². The molecule has 0 saturated carbocycles. The molecule has 0 saturated heterocycles. The van der Waals surface area contributed by atoms with Crippen LogP contribution in [0, 0.1) is 10.1 Å². The second-order valence-corrected chi connectivity index (χ2v) is 4.88. The first-order valence-electron chi connectivity index (χ1n) is 5.33. The predicted octanol–water partition coefficient (Wildman–Crippen LogP) is 3.63. The van der Waals surface area contributed by atoms with Crippen molar-refractivity contribution in [1.82, 2.24) is 9.97 Å². The Labute approximate surface area is 127 Å². The molecule has 0 bridgehead atoms. The fourth-order valence-corrected chi connectivity index (χ4v) is 2.16. The van der Waals surface area contributed by atoms with Crippen LogP contribution < -0.4 is 10.1 Å². The van der Waals surface area contributed by atoms with Crippen LogP contribution >= 0.6 is 27.5 Å². The first-order valence-corrected chi connectivity index (χ1v) is 6.50. The average molecular weight is 360 g/mol. The second kappa shape index (κ2) is 6.02. The van der Waals surface area contributed by atoms with Gasteiger partial charge in [0.1, 0.15) is 12.1 Å². The molecule has 2 aromatic rings. The van der Waals surface area contributed by atoms with Crippen molar-refractivity contribution < 1.29 is 9.66 Å². The number of anilines is 1. The van der Waals surface area contributed by atoms with Crippen LogP contribution in [0.1, 0.15) is 0 Å². The highest BCUT2D eigenvalue weighted by molar-refractivity contribution is 9.10. The molecule has 1 aromatic carbocycles. The first-order chi connectivity index (χ1) is 9.52. The van der Waals surface area contributed by atoms with Crippen LogP contribution in [-0.4, -0.2) is 21.9 Å².